The van der Waals surface area contributed by atoms with E-state index in [1.165, 1.54) is 29.2 Å². The van der Waals surface area contributed by atoms with Crippen LogP contribution in [0.3, 0.4) is 0 Å². The van der Waals surface area contributed by atoms with Gasteiger partial charge in [0.05, 0.1) is 17.7 Å². The Bertz CT molecular complexity index is 1490. The molecule has 0 saturated heterocycles. The van der Waals surface area contributed by atoms with Gasteiger partial charge in [-0.05, 0) is 86.3 Å². The van der Waals surface area contributed by atoms with Gasteiger partial charge >= 0.3 is 0 Å². The molecular weight excluding hydrogens is 574 g/mol. The smallest absolute Gasteiger partial charge is 0.264 e. The van der Waals surface area contributed by atoms with Crippen molar-refractivity contribution >= 4 is 39.1 Å². The Balaban J connectivity index is 1.68. The quantitative estimate of drug-likeness (QED) is 0.299. The standard InChI is InChI=1S/C32H38ClN3O5S/c1-23-9-7-13-28(19-23)36(42(39,40)30-17-15-26(33)16-18-30)22-31(37)35(21-25-10-8-14-29(20-25)41-3)24(2)32(38)34-27-11-5-4-6-12-27/h7-10,13-20,24,27H,4-6,11-12,21-22H2,1-3H3,(H,34,38)/t24-/m0/s1. The highest BCUT2D eigenvalue weighted by atomic mass is 35.5. The fourth-order valence-corrected chi connectivity index (χ4v) is 6.70. The van der Waals surface area contributed by atoms with Gasteiger partial charge in [-0.3, -0.25) is 13.9 Å². The summed E-state index contributed by atoms with van der Waals surface area (Å²) in [7, 11) is -2.60. The van der Waals surface area contributed by atoms with Crippen molar-refractivity contribution in [3.8, 4) is 5.75 Å². The Hall–Kier alpha value is -3.56. The predicted molar refractivity (Wildman–Crippen MR) is 165 cm³/mol. The largest absolute Gasteiger partial charge is 0.497 e. The molecule has 0 aromatic heterocycles. The summed E-state index contributed by atoms with van der Waals surface area (Å²) in [5, 5.41) is 3.51. The number of carbonyl (C=O) groups excluding carboxylic acids is 2. The van der Waals surface area contributed by atoms with Gasteiger partial charge in [0.25, 0.3) is 10.0 Å². The number of amides is 2. The molecule has 0 aliphatic heterocycles. The zero-order valence-corrected chi connectivity index (χ0v) is 25.8. The summed E-state index contributed by atoms with van der Waals surface area (Å²) in [6.45, 7) is 3.13. The molecule has 0 spiro atoms. The Kier molecular flexibility index (Phi) is 10.5. The van der Waals surface area contributed by atoms with E-state index in [1.54, 1.807) is 44.4 Å². The maximum Gasteiger partial charge on any atom is 0.264 e. The van der Waals surface area contributed by atoms with E-state index in [1.807, 2.05) is 25.1 Å². The second-order valence-corrected chi connectivity index (χ2v) is 13.0. The van der Waals surface area contributed by atoms with Crippen LogP contribution in [-0.2, 0) is 26.2 Å². The minimum atomic E-state index is -4.16. The third-order valence-corrected chi connectivity index (χ3v) is 9.62. The highest BCUT2D eigenvalue weighted by Crippen LogP contribution is 2.27. The molecule has 10 heteroatoms. The average molecular weight is 612 g/mol. The number of rotatable bonds is 11. The molecule has 0 unspecified atom stereocenters. The summed E-state index contributed by atoms with van der Waals surface area (Å²) in [5.74, 6) is -0.158. The van der Waals surface area contributed by atoms with Crippen LogP contribution in [0.4, 0.5) is 5.69 Å². The van der Waals surface area contributed by atoms with E-state index in [0.29, 0.717) is 16.5 Å². The Morgan fingerprint density at radius 1 is 1.00 bits per heavy atom. The second kappa shape index (κ2) is 14.1. The van der Waals surface area contributed by atoms with E-state index < -0.39 is 28.5 Å². The number of carbonyl (C=O) groups is 2. The van der Waals surface area contributed by atoms with Gasteiger partial charge in [-0.2, -0.15) is 0 Å². The van der Waals surface area contributed by atoms with E-state index in [-0.39, 0.29) is 23.4 Å². The van der Waals surface area contributed by atoms with Gasteiger partial charge in [-0.25, -0.2) is 8.42 Å². The fourth-order valence-electron chi connectivity index (χ4n) is 5.16. The lowest BCUT2D eigenvalue weighted by Crippen LogP contribution is -2.53. The van der Waals surface area contributed by atoms with Crippen molar-refractivity contribution in [2.24, 2.45) is 0 Å². The van der Waals surface area contributed by atoms with Crippen LogP contribution in [0.25, 0.3) is 0 Å². The molecule has 42 heavy (non-hydrogen) atoms. The van der Waals surface area contributed by atoms with Gasteiger partial charge in [0.15, 0.2) is 0 Å². The minimum absolute atomic E-state index is 0.00337. The first-order valence-corrected chi connectivity index (χ1v) is 16.0. The lowest BCUT2D eigenvalue weighted by molar-refractivity contribution is -0.139. The Labute approximate surface area is 253 Å². The number of anilines is 1. The molecule has 3 aromatic rings. The summed E-state index contributed by atoms with van der Waals surface area (Å²) < 4.78 is 34.3. The number of halogens is 1. The molecule has 1 atom stereocenters. The molecule has 1 fully saturated rings. The number of nitrogens with one attached hydrogen (secondary N) is 1. The molecule has 0 bridgehead atoms. The van der Waals surface area contributed by atoms with E-state index in [2.05, 4.69) is 5.32 Å². The first-order valence-electron chi connectivity index (χ1n) is 14.2. The predicted octanol–water partition coefficient (Wildman–Crippen LogP) is 5.72. The lowest BCUT2D eigenvalue weighted by atomic mass is 9.95. The van der Waals surface area contributed by atoms with Crippen molar-refractivity contribution in [3.63, 3.8) is 0 Å². The molecule has 1 aliphatic carbocycles. The van der Waals surface area contributed by atoms with Crippen molar-refractivity contribution in [2.45, 2.75) is 69.5 Å². The van der Waals surface area contributed by atoms with Crippen LogP contribution >= 0.6 is 11.6 Å². The molecular formula is C32H38ClN3O5S. The third-order valence-electron chi connectivity index (χ3n) is 7.58. The molecule has 3 aromatic carbocycles. The number of sulfonamides is 1. The summed E-state index contributed by atoms with van der Waals surface area (Å²) in [5.41, 5.74) is 1.94. The van der Waals surface area contributed by atoms with Crippen molar-refractivity contribution in [2.75, 3.05) is 18.0 Å². The number of ether oxygens (including phenoxy) is 1. The maximum atomic E-state index is 14.1. The van der Waals surface area contributed by atoms with E-state index in [9.17, 15) is 18.0 Å². The average Bonchev–Trinajstić information content (AvgIpc) is 2.99. The molecule has 2 amide bonds. The lowest BCUT2D eigenvalue weighted by Gasteiger charge is -2.33. The van der Waals surface area contributed by atoms with Gasteiger partial charge in [0, 0.05) is 17.6 Å². The number of hydrogen-bond donors (Lipinski definition) is 1. The summed E-state index contributed by atoms with van der Waals surface area (Å²) in [6, 6.07) is 19.3. The molecule has 0 radical (unpaired) electrons. The highest BCUT2D eigenvalue weighted by Gasteiger charge is 2.33. The first-order chi connectivity index (χ1) is 20.1. The third kappa shape index (κ3) is 7.83. The highest BCUT2D eigenvalue weighted by molar-refractivity contribution is 7.92. The second-order valence-electron chi connectivity index (χ2n) is 10.7. The minimum Gasteiger partial charge on any atom is -0.497 e. The molecule has 1 saturated carbocycles. The monoisotopic (exact) mass is 611 g/mol. The Morgan fingerprint density at radius 2 is 1.69 bits per heavy atom. The van der Waals surface area contributed by atoms with Crippen LogP contribution in [0.2, 0.25) is 5.02 Å². The topological polar surface area (TPSA) is 96.0 Å². The van der Waals surface area contributed by atoms with Crippen molar-refractivity contribution in [3.05, 3.63) is 88.9 Å². The summed E-state index contributed by atoms with van der Waals surface area (Å²) in [6.07, 6.45) is 5.07. The summed E-state index contributed by atoms with van der Waals surface area (Å²) >= 11 is 6.02. The van der Waals surface area contributed by atoms with Crippen LogP contribution in [0, 0.1) is 6.92 Å². The van der Waals surface area contributed by atoms with E-state index in [4.69, 9.17) is 16.3 Å². The number of benzene rings is 3. The van der Waals surface area contributed by atoms with Crippen LogP contribution in [0.5, 0.6) is 5.75 Å². The number of aryl methyl sites for hydroxylation is 1. The van der Waals surface area contributed by atoms with Gasteiger partial charge in [0.2, 0.25) is 11.8 Å². The number of hydrogen-bond acceptors (Lipinski definition) is 5. The van der Waals surface area contributed by atoms with Gasteiger partial charge in [0.1, 0.15) is 18.3 Å². The molecule has 4 rings (SSSR count). The van der Waals surface area contributed by atoms with Crippen LogP contribution in [0.1, 0.15) is 50.2 Å². The molecule has 1 aliphatic rings. The van der Waals surface area contributed by atoms with Crippen molar-refractivity contribution in [1.82, 2.24) is 10.2 Å². The van der Waals surface area contributed by atoms with E-state index >= 15 is 0 Å². The number of methoxy groups -OCH3 is 1. The van der Waals surface area contributed by atoms with Crippen LogP contribution < -0.4 is 14.4 Å². The molecule has 8 nitrogen and oxygen atoms in total. The molecule has 224 valence electrons. The van der Waals surface area contributed by atoms with Crippen molar-refractivity contribution in [1.29, 1.82) is 0 Å². The van der Waals surface area contributed by atoms with Gasteiger partial charge < -0.3 is 15.0 Å². The SMILES string of the molecule is COc1cccc(CN(C(=O)CN(c2cccc(C)c2)S(=O)(=O)c2ccc(Cl)cc2)[C@@H](C)C(=O)NC2CCCCC2)c1. The van der Waals surface area contributed by atoms with Crippen LogP contribution in [-0.4, -0.2) is 50.9 Å². The van der Waals surface area contributed by atoms with Gasteiger partial charge in [-0.1, -0.05) is 55.1 Å². The Morgan fingerprint density at radius 3 is 2.36 bits per heavy atom. The maximum absolute atomic E-state index is 14.1. The zero-order chi connectivity index (χ0) is 30.3. The zero-order valence-electron chi connectivity index (χ0n) is 24.3. The van der Waals surface area contributed by atoms with Crippen molar-refractivity contribution < 1.29 is 22.7 Å². The first kappa shape index (κ1) is 31.4. The molecule has 1 N–H and O–H groups in total. The number of nitrogens with zero attached hydrogens (tertiary/aromatic N) is 2. The van der Waals surface area contributed by atoms with E-state index in [0.717, 1.165) is 47.5 Å². The summed E-state index contributed by atoms with van der Waals surface area (Å²) in [4.78, 5) is 29.0. The normalized spacial score (nSPS) is 14.6. The molecule has 0 heterocycles. The fraction of sp³-hybridized carbons (Fsp3) is 0.375. The van der Waals surface area contributed by atoms with Crippen LogP contribution in [0.15, 0.2) is 77.7 Å². The van der Waals surface area contributed by atoms with Gasteiger partial charge in [-0.15, -0.1) is 0 Å².